The van der Waals surface area contributed by atoms with Crippen LogP contribution >= 0.6 is 0 Å². The Morgan fingerprint density at radius 3 is 2.60 bits per heavy atom. The van der Waals surface area contributed by atoms with Crippen molar-refractivity contribution in [2.24, 2.45) is 5.73 Å². The van der Waals surface area contributed by atoms with E-state index in [1.165, 1.54) is 6.07 Å². The second-order valence-electron chi connectivity index (χ2n) is 4.42. The molecule has 1 aromatic heterocycles. The zero-order valence-electron chi connectivity index (χ0n) is 11.0. The summed E-state index contributed by atoms with van der Waals surface area (Å²) in [6.07, 6.45) is 1.65. The van der Waals surface area contributed by atoms with Gasteiger partial charge in [0.25, 0.3) is 5.91 Å². The Hall–Kier alpha value is -2.43. The van der Waals surface area contributed by atoms with Crippen molar-refractivity contribution in [2.45, 2.75) is 13.5 Å². The highest BCUT2D eigenvalue weighted by Gasteiger charge is 2.16. The Morgan fingerprint density at radius 1 is 1.35 bits per heavy atom. The molecule has 0 aliphatic carbocycles. The minimum Gasteiger partial charge on any atom is -0.366 e. The van der Waals surface area contributed by atoms with Crippen molar-refractivity contribution < 1.29 is 13.6 Å². The van der Waals surface area contributed by atoms with Crippen LogP contribution in [0.3, 0.4) is 0 Å². The van der Waals surface area contributed by atoms with E-state index < -0.39 is 17.5 Å². The van der Waals surface area contributed by atoms with Gasteiger partial charge in [-0.05, 0) is 31.2 Å². The van der Waals surface area contributed by atoms with Crippen molar-refractivity contribution in [2.75, 3.05) is 0 Å². The fraction of sp³-hybridized carbons (Fsp3) is 0.133. The van der Waals surface area contributed by atoms with E-state index in [0.717, 1.165) is 12.1 Å². The van der Waals surface area contributed by atoms with E-state index in [0.29, 0.717) is 29.1 Å². The number of rotatable bonds is 4. The second kappa shape index (κ2) is 5.28. The number of carbonyl (C=O) groups excluding carboxylic acids is 1. The van der Waals surface area contributed by atoms with Crippen molar-refractivity contribution in [1.29, 1.82) is 0 Å². The molecule has 5 heteroatoms. The third-order valence-corrected chi connectivity index (χ3v) is 3.16. The van der Waals surface area contributed by atoms with E-state index in [1.54, 1.807) is 23.6 Å². The van der Waals surface area contributed by atoms with Gasteiger partial charge in [0.1, 0.15) is 0 Å². The first kappa shape index (κ1) is 14.0. The van der Waals surface area contributed by atoms with Gasteiger partial charge in [-0.1, -0.05) is 6.08 Å². The maximum atomic E-state index is 13.4. The van der Waals surface area contributed by atoms with E-state index in [-0.39, 0.29) is 0 Å². The average Bonchev–Trinajstić information content (AvgIpc) is 2.72. The normalized spacial score (nSPS) is 10.6. The fourth-order valence-electron chi connectivity index (χ4n) is 2.15. The van der Waals surface area contributed by atoms with Gasteiger partial charge in [0, 0.05) is 23.5 Å². The summed E-state index contributed by atoms with van der Waals surface area (Å²) < 4.78 is 28.1. The quantitative estimate of drug-likeness (QED) is 0.857. The molecule has 0 bridgehead atoms. The highest BCUT2D eigenvalue weighted by atomic mass is 19.2. The summed E-state index contributed by atoms with van der Waals surface area (Å²) in [6.45, 7) is 5.83. The van der Waals surface area contributed by atoms with Gasteiger partial charge in [-0.25, -0.2) is 8.78 Å². The molecule has 3 nitrogen and oxygen atoms in total. The van der Waals surface area contributed by atoms with Crippen LogP contribution in [0.4, 0.5) is 8.78 Å². The van der Waals surface area contributed by atoms with Crippen molar-refractivity contribution >= 4 is 5.91 Å². The smallest absolute Gasteiger partial charge is 0.250 e. The number of carbonyl (C=O) groups is 1. The highest BCUT2D eigenvalue weighted by Crippen LogP contribution is 2.27. The first-order valence-electron chi connectivity index (χ1n) is 6.02. The summed E-state index contributed by atoms with van der Waals surface area (Å²) in [5.74, 6) is -2.41. The van der Waals surface area contributed by atoms with Crippen molar-refractivity contribution in [3.05, 3.63) is 59.8 Å². The number of nitrogens with zero attached hydrogens (tertiary/aromatic N) is 1. The predicted molar refractivity (Wildman–Crippen MR) is 73.2 cm³/mol. The van der Waals surface area contributed by atoms with Gasteiger partial charge in [-0.2, -0.15) is 0 Å². The Labute approximate surface area is 115 Å². The summed E-state index contributed by atoms with van der Waals surface area (Å²) in [5, 5.41) is 0. The molecule has 0 atom stereocenters. The van der Waals surface area contributed by atoms with E-state index in [4.69, 9.17) is 5.73 Å². The number of amides is 1. The molecule has 1 amide bonds. The number of hydrogen-bond donors (Lipinski definition) is 1. The highest BCUT2D eigenvalue weighted by molar-refractivity contribution is 5.95. The molecule has 0 saturated heterocycles. The summed E-state index contributed by atoms with van der Waals surface area (Å²) in [5.41, 5.74) is 7.40. The van der Waals surface area contributed by atoms with Crippen LogP contribution in [0, 0.1) is 18.6 Å². The molecule has 20 heavy (non-hydrogen) atoms. The molecule has 0 saturated carbocycles. The molecular weight excluding hydrogens is 262 g/mol. The monoisotopic (exact) mass is 276 g/mol. The van der Waals surface area contributed by atoms with Crippen LogP contribution in [0.1, 0.15) is 16.1 Å². The van der Waals surface area contributed by atoms with Crippen LogP contribution < -0.4 is 5.73 Å². The molecular formula is C15H14F2N2O. The molecule has 1 heterocycles. The molecule has 2 aromatic rings. The molecule has 2 rings (SSSR count). The van der Waals surface area contributed by atoms with E-state index in [9.17, 15) is 13.6 Å². The lowest BCUT2D eigenvalue weighted by Gasteiger charge is -2.09. The van der Waals surface area contributed by atoms with Crippen LogP contribution in [0.5, 0.6) is 0 Å². The molecule has 0 spiro atoms. The van der Waals surface area contributed by atoms with Crippen molar-refractivity contribution in [1.82, 2.24) is 4.57 Å². The number of halogens is 2. The Kier molecular flexibility index (Phi) is 3.70. The summed E-state index contributed by atoms with van der Waals surface area (Å²) in [7, 11) is 0. The number of benzene rings is 1. The van der Waals surface area contributed by atoms with Crippen LogP contribution in [0.25, 0.3) is 11.3 Å². The first-order valence-corrected chi connectivity index (χ1v) is 6.02. The van der Waals surface area contributed by atoms with E-state index in [1.807, 2.05) is 0 Å². The number of allylic oxidation sites excluding steroid dienone is 1. The molecule has 104 valence electrons. The Balaban J connectivity index is 2.65. The van der Waals surface area contributed by atoms with Crippen LogP contribution in [0.2, 0.25) is 0 Å². The maximum Gasteiger partial charge on any atom is 0.250 e. The van der Waals surface area contributed by atoms with Gasteiger partial charge >= 0.3 is 0 Å². The fourth-order valence-corrected chi connectivity index (χ4v) is 2.15. The molecule has 0 fully saturated rings. The molecule has 2 N–H and O–H groups in total. The molecule has 0 aliphatic rings. The van der Waals surface area contributed by atoms with E-state index >= 15 is 0 Å². The average molecular weight is 276 g/mol. The molecule has 1 aromatic carbocycles. The molecule has 0 aliphatic heterocycles. The van der Waals surface area contributed by atoms with Crippen LogP contribution in [0.15, 0.2) is 36.9 Å². The summed E-state index contributed by atoms with van der Waals surface area (Å²) in [6, 6.07) is 5.18. The maximum absolute atomic E-state index is 13.4. The van der Waals surface area contributed by atoms with Crippen molar-refractivity contribution in [3.63, 3.8) is 0 Å². The third kappa shape index (κ3) is 2.34. The predicted octanol–water partition coefficient (Wildman–Crippen LogP) is 3.03. The summed E-state index contributed by atoms with van der Waals surface area (Å²) >= 11 is 0. The zero-order valence-corrected chi connectivity index (χ0v) is 11.0. The lowest BCUT2D eigenvalue weighted by molar-refractivity contribution is 0.0999. The first-order chi connectivity index (χ1) is 9.45. The van der Waals surface area contributed by atoms with Crippen molar-refractivity contribution in [3.8, 4) is 11.3 Å². The zero-order chi connectivity index (χ0) is 14.9. The second-order valence-corrected chi connectivity index (χ2v) is 4.42. The minimum absolute atomic E-state index is 0.353. The van der Waals surface area contributed by atoms with Gasteiger partial charge in [-0.15, -0.1) is 6.58 Å². The Bertz CT molecular complexity index is 689. The van der Waals surface area contributed by atoms with Crippen LogP contribution in [-0.4, -0.2) is 10.5 Å². The van der Waals surface area contributed by atoms with Gasteiger partial charge in [-0.3, -0.25) is 4.79 Å². The van der Waals surface area contributed by atoms with Gasteiger partial charge in [0.05, 0.1) is 5.56 Å². The standard InChI is InChI=1S/C15H14F2N2O/c1-3-6-19-9(2)11(15(18)20)8-14(19)10-4-5-12(16)13(17)7-10/h3-5,7-8H,1,6H2,2H3,(H2,18,20). The molecule has 0 unspecified atom stereocenters. The largest absolute Gasteiger partial charge is 0.366 e. The van der Waals surface area contributed by atoms with Gasteiger partial charge in [0.2, 0.25) is 0 Å². The number of nitrogens with two attached hydrogens (primary N) is 1. The number of primary amides is 1. The van der Waals surface area contributed by atoms with Crippen LogP contribution in [-0.2, 0) is 6.54 Å². The topological polar surface area (TPSA) is 48.0 Å². The lowest BCUT2D eigenvalue weighted by atomic mass is 10.1. The number of aromatic nitrogens is 1. The Morgan fingerprint density at radius 2 is 2.05 bits per heavy atom. The minimum atomic E-state index is -0.938. The van der Waals surface area contributed by atoms with Gasteiger partial charge in [0.15, 0.2) is 11.6 Å². The third-order valence-electron chi connectivity index (χ3n) is 3.16. The van der Waals surface area contributed by atoms with Gasteiger partial charge < -0.3 is 10.3 Å². The number of hydrogen-bond acceptors (Lipinski definition) is 1. The lowest BCUT2D eigenvalue weighted by Crippen LogP contribution is -2.12. The van der Waals surface area contributed by atoms with E-state index in [2.05, 4.69) is 6.58 Å². The SMILES string of the molecule is C=CCn1c(-c2ccc(F)c(F)c2)cc(C(N)=O)c1C. The molecule has 0 radical (unpaired) electrons. The summed E-state index contributed by atoms with van der Waals surface area (Å²) in [4.78, 5) is 11.4.